The summed E-state index contributed by atoms with van der Waals surface area (Å²) in [5.41, 5.74) is -6.15. The van der Waals surface area contributed by atoms with Crippen LogP contribution in [0.5, 0.6) is 0 Å². The van der Waals surface area contributed by atoms with Crippen LogP contribution in [-0.4, -0.2) is 31.1 Å². The number of ether oxygens (including phenoxy) is 1. The van der Waals surface area contributed by atoms with Crippen LogP contribution in [0.25, 0.3) is 0 Å². The summed E-state index contributed by atoms with van der Waals surface area (Å²) in [4.78, 5) is 10.4. The van der Waals surface area contributed by atoms with Gasteiger partial charge in [-0.1, -0.05) is 6.58 Å². The van der Waals surface area contributed by atoms with E-state index in [9.17, 15) is 44.3 Å². The second-order valence-electron chi connectivity index (χ2n) is 3.21. The highest BCUT2D eigenvalue weighted by Crippen LogP contribution is 2.59. The van der Waals surface area contributed by atoms with Crippen molar-refractivity contribution in [3.05, 3.63) is 12.7 Å². The summed E-state index contributed by atoms with van der Waals surface area (Å²) < 4.78 is 114. The van der Waals surface area contributed by atoms with Crippen molar-refractivity contribution in [3.8, 4) is 0 Å². The SMILES string of the molecule is C=CC(=O)OCC(C(F)(F)F)(C(F)(F)F)C(F)(F)F. The quantitative estimate of drug-likeness (QED) is 0.454. The predicted molar refractivity (Wildman–Crippen MR) is 41.8 cm³/mol. The van der Waals surface area contributed by atoms with Gasteiger partial charge in [-0.05, 0) is 0 Å². The normalized spacial score (nSPS) is 14.2. The van der Waals surface area contributed by atoms with Gasteiger partial charge in [0, 0.05) is 6.08 Å². The van der Waals surface area contributed by atoms with Crippen LogP contribution < -0.4 is 0 Å². The first-order valence-corrected chi connectivity index (χ1v) is 4.20. The van der Waals surface area contributed by atoms with Gasteiger partial charge < -0.3 is 4.74 Å². The van der Waals surface area contributed by atoms with Gasteiger partial charge in [0.05, 0.1) is 0 Å². The number of carbonyl (C=O) groups is 1. The average Bonchev–Trinajstić information content (AvgIpc) is 2.11. The van der Waals surface area contributed by atoms with Crippen molar-refractivity contribution in [2.45, 2.75) is 18.5 Å². The van der Waals surface area contributed by atoms with Crippen molar-refractivity contribution in [2.75, 3.05) is 6.61 Å². The Labute approximate surface area is 99.4 Å². The Kier molecular flexibility index (Phi) is 4.56. The number of halogens is 9. The van der Waals surface area contributed by atoms with Crippen molar-refractivity contribution in [2.24, 2.45) is 5.41 Å². The third-order valence-corrected chi connectivity index (χ3v) is 2.05. The molecule has 0 aromatic heterocycles. The minimum atomic E-state index is -6.75. The van der Waals surface area contributed by atoms with E-state index in [0.29, 0.717) is 0 Å². The van der Waals surface area contributed by atoms with Crippen LogP contribution in [0, 0.1) is 5.41 Å². The van der Waals surface area contributed by atoms with E-state index in [4.69, 9.17) is 0 Å². The molecule has 112 valence electrons. The van der Waals surface area contributed by atoms with Gasteiger partial charge >= 0.3 is 24.5 Å². The Morgan fingerprint density at radius 2 is 1.21 bits per heavy atom. The largest absolute Gasteiger partial charge is 0.461 e. The third-order valence-electron chi connectivity index (χ3n) is 2.05. The van der Waals surface area contributed by atoms with E-state index in [0.717, 1.165) is 0 Å². The maximum atomic E-state index is 12.3. The highest BCUT2D eigenvalue weighted by Gasteiger charge is 2.84. The summed E-state index contributed by atoms with van der Waals surface area (Å²) in [5.74, 6) is -1.85. The lowest BCUT2D eigenvalue weighted by molar-refractivity contribution is -0.432. The van der Waals surface area contributed by atoms with E-state index in [1.807, 2.05) is 0 Å². The zero-order valence-electron chi connectivity index (χ0n) is 8.71. The van der Waals surface area contributed by atoms with Crippen molar-refractivity contribution in [1.29, 1.82) is 0 Å². The number of hydrogen-bond acceptors (Lipinski definition) is 2. The van der Waals surface area contributed by atoms with E-state index in [-0.39, 0.29) is 6.08 Å². The maximum absolute atomic E-state index is 12.3. The molecule has 0 amide bonds. The van der Waals surface area contributed by atoms with Gasteiger partial charge in [-0.2, -0.15) is 39.5 Å². The summed E-state index contributed by atoms with van der Waals surface area (Å²) >= 11 is 0. The first-order valence-electron chi connectivity index (χ1n) is 4.20. The Morgan fingerprint density at radius 3 is 1.42 bits per heavy atom. The molecule has 0 rings (SSSR count). The Balaban J connectivity index is 5.82. The van der Waals surface area contributed by atoms with E-state index in [1.54, 1.807) is 0 Å². The fraction of sp³-hybridized carbons (Fsp3) is 0.625. The minimum absolute atomic E-state index is 0.133. The van der Waals surface area contributed by atoms with Crippen LogP contribution in [0.1, 0.15) is 0 Å². The lowest BCUT2D eigenvalue weighted by atomic mass is 9.86. The van der Waals surface area contributed by atoms with Crippen molar-refractivity contribution < 1.29 is 49.0 Å². The molecule has 0 aromatic carbocycles. The molecule has 0 N–H and O–H groups in total. The van der Waals surface area contributed by atoms with Gasteiger partial charge in [0.25, 0.3) is 5.41 Å². The molecule has 2 nitrogen and oxygen atoms in total. The molecular formula is C8H5F9O2. The molecule has 0 aromatic rings. The predicted octanol–water partition coefficient (Wildman–Crippen LogP) is 3.39. The summed E-state index contributed by atoms with van der Waals surface area (Å²) in [6, 6.07) is 0. The average molecular weight is 304 g/mol. The zero-order chi connectivity index (χ0) is 15.7. The molecule has 0 bridgehead atoms. The molecule has 0 saturated carbocycles. The van der Waals surface area contributed by atoms with Crippen LogP contribution >= 0.6 is 0 Å². The van der Waals surface area contributed by atoms with Gasteiger partial charge in [-0.25, -0.2) is 4.79 Å². The van der Waals surface area contributed by atoms with Crippen molar-refractivity contribution in [3.63, 3.8) is 0 Å². The summed E-state index contributed by atoms with van der Waals surface area (Å²) in [5, 5.41) is 0. The number of hydrogen-bond donors (Lipinski definition) is 0. The monoisotopic (exact) mass is 304 g/mol. The molecule has 0 saturated heterocycles. The molecule has 0 aliphatic rings. The summed E-state index contributed by atoms with van der Waals surface area (Å²) in [7, 11) is 0. The van der Waals surface area contributed by atoms with Crippen LogP contribution in [-0.2, 0) is 9.53 Å². The van der Waals surface area contributed by atoms with E-state index in [1.165, 1.54) is 0 Å². The Hall–Kier alpha value is -1.42. The van der Waals surface area contributed by atoms with Gasteiger partial charge in [0.15, 0.2) is 0 Å². The smallest absolute Gasteiger partial charge is 0.415 e. The molecule has 0 atom stereocenters. The number of alkyl halides is 9. The van der Waals surface area contributed by atoms with Crippen molar-refractivity contribution in [1.82, 2.24) is 0 Å². The van der Waals surface area contributed by atoms with Crippen LogP contribution in [0.15, 0.2) is 12.7 Å². The molecule has 0 radical (unpaired) electrons. The van der Waals surface area contributed by atoms with Gasteiger partial charge in [-0.3, -0.25) is 0 Å². The molecule has 0 aliphatic heterocycles. The third kappa shape index (κ3) is 3.13. The fourth-order valence-electron chi connectivity index (χ4n) is 0.966. The standard InChI is InChI=1S/C8H5F9O2/c1-2-4(18)19-3-5(6(9,10)11,7(12,13)14)8(15,16)17/h2H,1,3H2. The zero-order valence-corrected chi connectivity index (χ0v) is 8.71. The highest BCUT2D eigenvalue weighted by atomic mass is 19.4. The molecule has 11 heteroatoms. The summed E-state index contributed by atoms with van der Waals surface area (Å²) in [6.07, 6.45) is -20.1. The van der Waals surface area contributed by atoms with Gasteiger partial charge in [0.2, 0.25) is 0 Å². The Bertz CT molecular complexity index is 313. The molecule has 0 spiro atoms. The molecule has 19 heavy (non-hydrogen) atoms. The molecule has 0 heterocycles. The van der Waals surface area contributed by atoms with Crippen LogP contribution in [0.4, 0.5) is 39.5 Å². The topological polar surface area (TPSA) is 26.3 Å². The molecule has 0 aliphatic carbocycles. The van der Waals surface area contributed by atoms with Crippen molar-refractivity contribution >= 4 is 5.97 Å². The van der Waals surface area contributed by atoms with E-state index < -0.39 is 36.5 Å². The number of rotatable bonds is 3. The van der Waals surface area contributed by atoms with E-state index in [2.05, 4.69) is 11.3 Å². The molecular weight excluding hydrogens is 299 g/mol. The molecule has 0 fully saturated rings. The lowest BCUT2D eigenvalue weighted by Gasteiger charge is -2.37. The van der Waals surface area contributed by atoms with E-state index >= 15 is 0 Å². The second kappa shape index (κ2) is 4.93. The summed E-state index contributed by atoms with van der Waals surface area (Å²) in [6.45, 7) is -0.334. The maximum Gasteiger partial charge on any atom is 0.415 e. The van der Waals surface area contributed by atoms with Gasteiger partial charge in [-0.15, -0.1) is 0 Å². The molecule has 0 unspecified atom stereocenters. The number of carbonyl (C=O) groups excluding carboxylic acids is 1. The van der Waals surface area contributed by atoms with Gasteiger partial charge in [0.1, 0.15) is 6.61 Å². The second-order valence-corrected chi connectivity index (χ2v) is 3.21. The minimum Gasteiger partial charge on any atom is -0.461 e. The highest BCUT2D eigenvalue weighted by molar-refractivity contribution is 5.81. The number of esters is 1. The van der Waals surface area contributed by atoms with Crippen LogP contribution in [0.3, 0.4) is 0 Å². The Morgan fingerprint density at radius 1 is 0.895 bits per heavy atom. The first-order chi connectivity index (χ1) is 8.20. The fourth-order valence-corrected chi connectivity index (χ4v) is 0.966. The lowest BCUT2D eigenvalue weighted by Crippen LogP contribution is -2.62. The first kappa shape index (κ1) is 17.6. The van der Waals surface area contributed by atoms with Crippen LogP contribution in [0.2, 0.25) is 0 Å².